The lowest BCUT2D eigenvalue weighted by molar-refractivity contribution is -0.147. The highest BCUT2D eigenvalue weighted by molar-refractivity contribution is 6.34. The Hall–Kier alpha value is -3.18. The molecule has 1 aliphatic carbocycles. The molecule has 35 heavy (non-hydrogen) atoms. The topological polar surface area (TPSA) is 134 Å². The lowest BCUT2D eigenvalue weighted by atomic mass is 9.95. The maximum Gasteiger partial charge on any atom is 0.330 e. The molecular weight excluding hydrogens is 480 g/mol. The molecule has 1 aliphatic heterocycles. The number of nitrogens with zero attached hydrogens (tertiary/aromatic N) is 2. The highest BCUT2D eigenvalue weighted by atomic mass is 35.5. The minimum Gasteiger partial charge on any atom is -0.495 e. The Balaban J connectivity index is 1.99. The van der Waals surface area contributed by atoms with E-state index in [1.807, 2.05) is 0 Å². The highest BCUT2D eigenvalue weighted by Crippen LogP contribution is 2.47. The van der Waals surface area contributed by atoms with E-state index in [9.17, 15) is 24.0 Å². The number of Topliss-reactive ketones (excluding diaryl/α,β-unsaturated/α-hetero) is 1. The van der Waals surface area contributed by atoms with Gasteiger partial charge in [-0.1, -0.05) is 32.4 Å². The van der Waals surface area contributed by atoms with Crippen LogP contribution in [0.4, 0.5) is 16.2 Å². The van der Waals surface area contributed by atoms with Crippen LogP contribution in [-0.4, -0.2) is 72.9 Å². The fourth-order valence-corrected chi connectivity index (χ4v) is 3.86. The number of halogens is 1. The Morgan fingerprint density at radius 3 is 2.17 bits per heavy atom. The van der Waals surface area contributed by atoms with Gasteiger partial charge in [0.05, 0.1) is 23.5 Å². The first-order chi connectivity index (χ1) is 16.4. The summed E-state index contributed by atoms with van der Waals surface area (Å²) < 4.78 is 10.4. The lowest BCUT2D eigenvalue weighted by Gasteiger charge is -2.26. The van der Waals surface area contributed by atoms with Gasteiger partial charge in [0.15, 0.2) is 11.8 Å². The summed E-state index contributed by atoms with van der Waals surface area (Å²) in [7, 11) is 3.95. The molecule has 1 aromatic carbocycles. The average Bonchev–Trinajstić information content (AvgIpc) is 3.52. The molecule has 0 bridgehead atoms. The van der Waals surface area contributed by atoms with E-state index >= 15 is 0 Å². The van der Waals surface area contributed by atoms with Gasteiger partial charge >= 0.3 is 6.03 Å². The van der Waals surface area contributed by atoms with Crippen LogP contribution in [0.5, 0.6) is 5.75 Å². The van der Waals surface area contributed by atoms with Crippen LogP contribution in [0.2, 0.25) is 5.02 Å². The number of nitrogens with one attached hydrogen (secondary N) is 2. The van der Waals surface area contributed by atoms with Gasteiger partial charge in [0.25, 0.3) is 11.8 Å². The molecule has 5 amide bonds. The Morgan fingerprint density at radius 1 is 1.09 bits per heavy atom. The van der Waals surface area contributed by atoms with Crippen LogP contribution in [0, 0.1) is 11.3 Å². The third-order valence-electron chi connectivity index (χ3n) is 6.21. The van der Waals surface area contributed by atoms with Crippen LogP contribution in [0.3, 0.4) is 0 Å². The Bertz CT molecular complexity index is 1090. The number of ketones is 1. The van der Waals surface area contributed by atoms with Crippen molar-refractivity contribution in [1.82, 2.24) is 9.80 Å². The zero-order valence-electron chi connectivity index (χ0n) is 20.4. The number of hydrogen-bond donors (Lipinski definition) is 2. The van der Waals surface area contributed by atoms with Crippen molar-refractivity contribution in [2.24, 2.45) is 11.3 Å². The highest BCUT2D eigenvalue weighted by Gasteiger charge is 2.57. The third kappa shape index (κ3) is 4.96. The summed E-state index contributed by atoms with van der Waals surface area (Å²) >= 11 is 6.26. The number of imide groups is 1. The quantitative estimate of drug-likeness (QED) is 0.386. The van der Waals surface area contributed by atoms with Crippen molar-refractivity contribution >= 4 is 52.5 Å². The zero-order chi connectivity index (χ0) is 26.2. The summed E-state index contributed by atoms with van der Waals surface area (Å²) in [5, 5.41) is 5.41. The molecule has 1 saturated carbocycles. The SMILES string of the molecule is COc1cc(Cl)c(NC(=O)C(C)C)cc1NC(=O)C(C(=O)C1(C)CC1)N1C(=O)C(OC)N(C)C1=O. The molecule has 1 heterocycles. The first-order valence-electron chi connectivity index (χ1n) is 11.0. The van der Waals surface area contributed by atoms with Gasteiger partial charge in [-0.05, 0) is 18.9 Å². The molecule has 0 aromatic heterocycles. The van der Waals surface area contributed by atoms with Crippen LogP contribution < -0.4 is 15.4 Å². The normalized spacial score (nSPS) is 19.6. The lowest BCUT2D eigenvalue weighted by Crippen LogP contribution is -2.54. The largest absolute Gasteiger partial charge is 0.495 e. The monoisotopic (exact) mass is 508 g/mol. The predicted molar refractivity (Wildman–Crippen MR) is 127 cm³/mol. The number of hydrogen-bond acceptors (Lipinski definition) is 7. The molecule has 190 valence electrons. The van der Waals surface area contributed by atoms with Gasteiger partial charge in [-0.2, -0.15) is 0 Å². The number of benzene rings is 1. The van der Waals surface area contributed by atoms with E-state index in [-0.39, 0.29) is 34.0 Å². The number of rotatable bonds is 9. The van der Waals surface area contributed by atoms with E-state index in [0.717, 1.165) is 4.90 Å². The Morgan fingerprint density at radius 2 is 1.69 bits per heavy atom. The van der Waals surface area contributed by atoms with Crippen molar-refractivity contribution in [3.63, 3.8) is 0 Å². The Labute approximate surface area is 208 Å². The van der Waals surface area contributed by atoms with Gasteiger partial charge in [0.1, 0.15) is 5.75 Å². The minimum absolute atomic E-state index is 0.0930. The van der Waals surface area contributed by atoms with Crippen LogP contribution in [-0.2, 0) is 23.9 Å². The molecule has 2 N–H and O–H groups in total. The fraction of sp³-hybridized carbons (Fsp3) is 0.522. The number of ether oxygens (including phenoxy) is 2. The standard InChI is InChI=1S/C23H29ClN4O7/c1-11(2)18(30)25-13-10-14(15(34-5)9-12(13)24)26-19(31)16(17(29)23(3)7-8-23)28-20(32)21(35-6)27(4)22(28)33/h9-11,16,21H,7-8H2,1-6H3,(H,25,30)(H,26,31). The molecular formula is C23H29ClN4O7. The van der Waals surface area contributed by atoms with Gasteiger partial charge < -0.3 is 20.1 Å². The molecule has 0 radical (unpaired) electrons. The maximum atomic E-state index is 13.5. The maximum absolute atomic E-state index is 13.5. The molecule has 1 aromatic rings. The summed E-state index contributed by atoms with van der Waals surface area (Å²) in [5.41, 5.74) is -0.520. The Kier molecular flexibility index (Phi) is 7.42. The average molecular weight is 509 g/mol. The number of amides is 5. The molecule has 2 unspecified atom stereocenters. The molecule has 1 saturated heterocycles. The second kappa shape index (κ2) is 9.82. The second-order valence-electron chi connectivity index (χ2n) is 9.18. The van der Waals surface area contributed by atoms with E-state index in [2.05, 4.69) is 10.6 Å². The van der Waals surface area contributed by atoms with E-state index in [0.29, 0.717) is 17.7 Å². The van der Waals surface area contributed by atoms with Gasteiger partial charge in [-0.25, -0.2) is 9.69 Å². The molecule has 11 nitrogen and oxygen atoms in total. The van der Waals surface area contributed by atoms with Crippen molar-refractivity contribution in [3.8, 4) is 5.75 Å². The predicted octanol–water partition coefficient (Wildman–Crippen LogP) is 2.49. The summed E-state index contributed by atoms with van der Waals surface area (Å²) in [4.78, 5) is 66.5. The van der Waals surface area contributed by atoms with Crippen LogP contribution in [0.25, 0.3) is 0 Å². The van der Waals surface area contributed by atoms with E-state index in [1.54, 1.807) is 20.8 Å². The number of carbonyl (C=O) groups excluding carboxylic acids is 5. The van der Waals surface area contributed by atoms with Crippen molar-refractivity contribution in [2.45, 2.75) is 45.9 Å². The van der Waals surface area contributed by atoms with E-state index in [4.69, 9.17) is 21.1 Å². The second-order valence-corrected chi connectivity index (χ2v) is 9.59. The smallest absolute Gasteiger partial charge is 0.330 e. The minimum atomic E-state index is -1.72. The van der Waals surface area contributed by atoms with E-state index in [1.165, 1.54) is 33.4 Å². The van der Waals surface area contributed by atoms with Gasteiger partial charge in [-0.3, -0.25) is 24.1 Å². The molecule has 2 atom stereocenters. The molecule has 0 spiro atoms. The van der Waals surface area contributed by atoms with Gasteiger partial charge in [0.2, 0.25) is 12.1 Å². The van der Waals surface area contributed by atoms with Crippen molar-refractivity contribution in [3.05, 3.63) is 17.2 Å². The molecule has 12 heteroatoms. The first-order valence-corrected chi connectivity index (χ1v) is 11.4. The number of anilines is 2. The first kappa shape index (κ1) is 26.4. The zero-order valence-corrected chi connectivity index (χ0v) is 21.2. The van der Waals surface area contributed by atoms with Crippen LogP contribution >= 0.6 is 11.6 Å². The number of carbonyl (C=O) groups is 5. The third-order valence-corrected chi connectivity index (χ3v) is 6.52. The number of urea groups is 1. The molecule has 3 rings (SSSR count). The van der Waals surface area contributed by atoms with Crippen LogP contribution in [0.1, 0.15) is 33.6 Å². The van der Waals surface area contributed by atoms with Gasteiger partial charge in [-0.15, -0.1) is 0 Å². The molecule has 2 fully saturated rings. The number of methoxy groups -OCH3 is 2. The van der Waals surface area contributed by atoms with Crippen LogP contribution in [0.15, 0.2) is 12.1 Å². The van der Waals surface area contributed by atoms with Gasteiger partial charge in [0, 0.05) is 31.6 Å². The summed E-state index contributed by atoms with van der Waals surface area (Å²) in [6.07, 6.45) is -0.184. The molecule has 2 aliphatic rings. The van der Waals surface area contributed by atoms with E-state index < -0.39 is 41.3 Å². The summed E-state index contributed by atoms with van der Waals surface area (Å²) in [6.45, 7) is 5.09. The van der Waals surface area contributed by atoms with Crippen molar-refractivity contribution in [1.29, 1.82) is 0 Å². The number of likely N-dealkylation sites (N-methyl/N-ethyl adjacent to an activating group) is 1. The summed E-state index contributed by atoms with van der Waals surface area (Å²) in [5.74, 6) is -2.75. The summed E-state index contributed by atoms with van der Waals surface area (Å²) in [6, 6.07) is 0.233. The van der Waals surface area contributed by atoms with Crippen molar-refractivity contribution < 1.29 is 33.4 Å². The van der Waals surface area contributed by atoms with Crippen molar-refractivity contribution in [2.75, 3.05) is 31.9 Å². The fourth-order valence-electron chi connectivity index (χ4n) is 3.66.